The summed E-state index contributed by atoms with van der Waals surface area (Å²) in [4.78, 5) is 34.0. The molecule has 2 aliphatic rings. The van der Waals surface area contributed by atoms with Crippen LogP contribution in [0.15, 0.2) is 24.3 Å². The van der Waals surface area contributed by atoms with Crippen LogP contribution in [0.25, 0.3) is 0 Å². The lowest BCUT2D eigenvalue weighted by Crippen LogP contribution is -2.28. The average molecular weight is 447 g/mol. The maximum absolute atomic E-state index is 11.6. The van der Waals surface area contributed by atoms with E-state index in [1.165, 1.54) is 0 Å². The lowest BCUT2D eigenvalue weighted by Gasteiger charge is -2.20. The van der Waals surface area contributed by atoms with Crippen LogP contribution in [-0.4, -0.2) is 64.0 Å². The van der Waals surface area contributed by atoms with Gasteiger partial charge in [0.05, 0.1) is 17.4 Å². The van der Waals surface area contributed by atoms with Crippen molar-refractivity contribution in [2.75, 3.05) is 19.7 Å². The van der Waals surface area contributed by atoms with Crippen LogP contribution >= 0.6 is 0 Å². The van der Waals surface area contributed by atoms with E-state index in [4.69, 9.17) is 14.6 Å². The quantitative estimate of drug-likeness (QED) is 0.583. The molecule has 1 saturated heterocycles. The van der Waals surface area contributed by atoms with Gasteiger partial charge in [0.25, 0.3) is 0 Å². The zero-order valence-electron chi connectivity index (χ0n) is 17.0. The maximum atomic E-state index is 11.6. The van der Waals surface area contributed by atoms with E-state index in [0.29, 0.717) is 19.1 Å². The van der Waals surface area contributed by atoms with E-state index in [1.807, 2.05) is 29.2 Å². The SMILES string of the molecule is CC(C)COc1cccc(CN2C[C@@]3(C(=O)O)C[C@@]3(C(=O)O)C2)c1.O=C(O)C(F)(F)F. The highest BCUT2D eigenvalue weighted by atomic mass is 19.4. The van der Waals surface area contributed by atoms with Crippen LogP contribution in [-0.2, 0) is 20.9 Å². The van der Waals surface area contributed by atoms with E-state index >= 15 is 0 Å². The number of carboxylic acids is 3. The minimum atomic E-state index is -5.08. The molecule has 1 saturated carbocycles. The molecule has 3 N–H and O–H groups in total. The van der Waals surface area contributed by atoms with Gasteiger partial charge in [-0.3, -0.25) is 14.5 Å². The molecule has 0 amide bonds. The van der Waals surface area contributed by atoms with Gasteiger partial charge in [-0.05, 0) is 30.0 Å². The summed E-state index contributed by atoms with van der Waals surface area (Å²) in [5.41, 5.74) is -1.24. The first-order chi connectivity index (χ1) is 14.2. The Morgan fingerprint density at radius 2 is 1.61 bits per heavy atom. The first-order valence-electron chi connectivity index (χ1n) is 9.44. The van der Waals surface area contributed by atoms with Crippen molar-refractivity contribution in [2.24, 2.45) is 16.7 Å². The van der Waals surface area contributed by atoms with Crippen molar-refractivity contribution >= 4 is 17.9 Å². The largest absolute Gasteiger partial charge is 0.493 e. The minimum absolute atomic E-state index is 0.235. The van der Waals surface area contributed by atoms with Crippen LogP contribution in [0.2, 0.25) is 0 Å². The molecule has 0 unspecified atom stereocenters. The van der Waals surface area contributed by atoms with Crippen LogP contribution in [0.5, 0.6) is 5.75 Å². The summed E-state index contributed by atoms with van der Waals surface area (Å²) >= 11 is 0. The molecule has 2 fully saturated rings. The standard InChI is InChI=1S/C18H23NO5.C2HF3O2/c1-12(2)8-24-14-5-3-4-13(6-14)7-19-10-17(15(20)21)9-18(17,11-19)16(22)23;3-2(4,5)1(6)7/h3-6,12H,7-11H2,1-2H3,(H,20,21)(H,22,23);(H,6,7)/t17-,18+;. The van der Waals surface area contributed by atoms with E-state index < -0.39 is 34.9 Å². The summed E-state index contributed by atoms with van der Waals surface area (Å²) in [6.45, 7) is 5.89. The molecule has 11 heteroatoms. The van der Waals surface area contributed by atoms with Crippen LogP contribution in [0, 0.1) is 16.7 Å². The molecular weight excluding hydrogens is 423 g/mol. The molecule has 0 bridgehead atoms. The Morgan fingerprint density at radius 1 is 1.10 bits per heavy atom. The van der Waals surface area contributed by atoms with Crippen molar-refractivity contribution in [3.05, 3.63) is 29.8 Å². The Balaban J connectivity index is 0.000000423. The second kappa shape index (κ2) is 8.74. The smallest absolute Gasteiger partial charge is 0.490 e. The lowest BCUT2D eigenvalue weighted by molar-refractivity contribution is -0.192. The van der Waals surface area contributed by atoms with Gasteiger partial charge in [-0.25, -0.2) is 4.79 Å². The fraction of sp³-hybridized carbons (Fsp3) is 0.550. The number of ether oxygens (including phenoxy) is 1. The molecule has 0 radical (unpaired) electrons. The first kappa shape index (κ1) is 24.4. The Hall–Kier alpha value is -2.82. The molecule has 1 heterocycles. The predicted molar refractivity (Wildman–Crippen MR) is 100 cm³/mol. The third kappa shape index (κ3) is 5.27. The first-order valence-corrected chi connectivity index (χ1v) is 9.44. The van der Waals surface area contributed by atoms with Crippen molar-refractivity contribution in [1.29, 1.82) is 0 Å². The number of benzene rings is 1. The third-order valence-electron chi connectivity index (χ3n) is 5.33. The topological polar surface area (TPSA) is 124 Å². The molecule has 8 nitrogen and oxygen atoms in total. The number of fused-ring (bicyclic) bond motifs is 1. The number of piperidine rings is 1. The highest BCUT2D eigenvalue weighted by Gasteiger charge is 2.80. The van der Waals surface area contributed by atoms with Gasteiger partial charge in [0, 0.05) is 19.6 Å². The number of aliphatic carboxylic acids is 3. The van der Waals surface area contributed by atoms with E-state index in [2.05, 4.69) is 13.8 Å². The Morgan fingerprint density at radius 3 is 2.03 bits per heavy atom. The summed E-state index contributed by atoms with van der Waals surface area (Å²) in [5, 5.41) is 26.1. The second-order valence-corrected chi connectivity index (χ2v) is 8.25. The Labute approximate surface area is 176 Å². The number of carboxylic acid groups (broad SMARTS) is 3. The Kier molecular flexibility index (Phi) is 6.89. The van der Waals surface area contributed by atoms with E-state index in [9.17, 15) is 33.0 Å². The third-order valence-corrected chi connectivity index (χ3v) is 5.33. The normalized spacial score (nSPS) is 24.7. The van der Waals surface area contributed by atoms with Crippen molar-refractivity contribution in [3.8, 4) is 5.75 Å². The number of hydrogen-bond acceptors (Lipinski definition) is 5. The van der Waals surface area contributed by atoms with Gasteiger partial charge >= 0.3 is 24.1 Å². The average Bonchev–Trinajstić information content (AvgIpc) is 3.19. The van der Waals surface area contributed by atoms with Crippen molar-refractivity contribution in [3.63, 3.8) is 0 Å². The summed E-state index contributed by atoms with van der Waals surface area (Å²) in [5.74, 6) is -3.54. The summed E-state index contributed by atoms with van der Waals surface area (Å²) in [6.07, 6.45) is -4.85. The molecule has 2 atom stereocenters. The lowest BCUT2D eigenvalue weighted by atomic mass is 9.97. The van der Waals surface area contributed by atoms with Gasteiger partial charge in [0.2, 0.25) is 0 Å². The number of nitrogens with zero attached hydrogens (tertiary/aromatic N) is 1. The fourth-order valence-electron chi connectivity index (χ4n) is 3.77. The fourth-order valence-corrected chi connectivity index (χ4v) is 3.77. The molecule has 172 valence electrons. The molecule has 1 aromatic rings. The zero-order chi connectivity index (χ0) is 23.6. The zero-order valence-corrected chi connectivity index (χ0v) is 17.0. The van der Waals surface area contributed by atoms with Gasteiger partial charge in [-0.15, -0.1) is 0 Å². The van der Waals surface area contributed by atoms with Gasteiger partial charge in [-0.2, -0.15) is 13.2 Å². The summed E-state index contributed by atoms with van der Waals surface area (Å²) in [6, 6.07) is 7.69. The minimum Gasteiger partial charge on any atom is -0.493 e. The van der Waals surface area contributed by atoms with Gasteiger partial charge in [0.15, 0.2) is 0 Å². The van der Waals surface area contributed by atoms with Crippen molar-refractivity contribution in [2.45, 2.75) is 33.0 Å². The van der Waals surface area contributed by atoms with Crippen LogP contribution in [0.3, 0.4) is 0 Å². The predicted octanol–water partition coefficient (Wildman–Crippen LogP) is 2.72. The van der Waals surface area contributed by atoms with Crippen LogP contribution in [0.4, 0.5) is 13.2 Å². The van der Waals surface area contributed by atoms with E-state index in [1.54, 1.807) is 0 Å². The highest BCUT2D eigenvalue weighted by Crippen LogP contribution is 2.68. The van der Waals surface area contributed by atoms with Crippen LogP contribution in [0.1, 0.15) is 25.8 Å². The molecule has 1 aliphatic heterocycles. The highest BCUT2D eigenvalue weighted by molar-refractivity contribution is 5.94. The molecular formula is C20H24F3NO7. The number of likely N-dealkylation sites (tertiary alicyclic amines) is 1. The molecule has 1 aromatic carbocycles. The second-order valence-electron chi connectivity index (χ2n) is 8.25. The molecule has 0 aromatic heterocycles. The number of carbonyl (C=O) groups is 3. The summed E-state index contributed by atoms with van der Waals surface area (Å²) < 4.78 is 37.4. The van der Waals surface area contributed by atoms with Crippen LogP contribution < -0.4 is 4.74 Å². The number of halogens is 3. The molecule has 1 aliphatic carbocycles. The monoisotopic (exact) mass is 447 g/mol. The van der Waals surface area contributed by atoms with Gasteiger partial charge < -0.3 is 20.1 Å². The number of hydrogen-bond donors (Lipinski definition) is 3. The molecule has 0 spiro atoms. The van der Waals surface area contributed by atoms with Gasteiger partial charge in [-0.1, -0.05) is 26.0 Å². The van der Waals surface area contributed by atoms with E-state index in [-0.39, 0.29) is 19.5 Å². The molecule has 3 rings (SSSR count). The van der Waals surface area contributed by atoms with Crippen molar-refractivity contribution < 1.29 is 47.6 Å². The number of rotatable bonds is 7. The van der Waals surface area contributed by atoms with Crippen molar-refractivity contribution in [1.82, 2.24) is 4.90 Å². The van der Waals surface area contributed by atoms with E-state index in [0.717, 1.165) is 11.3 Å². The number of alkyl halides is 3. The summed E-state index contributed by atoms with van der Waals surface area (Å²) in [7, 11) is 0. The maximum Gasteiger partial charge on any atom is 0.490 e. The van der Waals surface area contributed by atoms with Gasteiger partial charge in [0.1, 0.15) is 5.75 Å². The molecule has 31 heavy (non-hydrogen) atoms. The Bertz CT molecular complexity index is 829.